The van der Waals surface area contributed by atoms with Gasteiger partial charge < -0.3 is 14.8 Å². The van der Waals surface area contributed by atoms with Crippen molar-refractivity contribution >= 4 is 23.2 Å². The minimum atomic E-state index is -0.385. The number of hydrogen-bond donors (Lipinski definition) is 1. The molecule has 25 heavy (non-hydrogen) atoms. The van der Waals surface area contributed by atoms with Crippen molar-refractivity contribution in [3.8, 4) is 11.5 Å². The fraction of sp³-hybridized carbons (Fsp3) is 0.368. The zero-order valence-electron chi connectivity index (χ0n) is 14.4. The smallest absolute Gasteiger partial charge is 0.180 e. The van der Waals surface area contributed by atoms with Crippen LogP contribution in [0.1, 0.15) is 30.9 Å². The van der Waals surface area contributed by atoms with Crippen LogP contribution < -0.4 is 14.8 Å². The van der Waals surface area contributed by atoms with E-state index in [1.807, 2.05) is 12.1 Å². The number of unbranched alkanes of at least 4 members (excludes halogenated alkanes) is 1. The summed E-state index contributed by atoms with van der Waals surface area (Å²) in [7, 11) is 1.57. The van der Waals surface area contributed by atoms with Crippen LogP contribution >= 0.6 is 23.2 Å². The molecule has 0 heterocycles. The molecule has 2 aromatic carbocycles. The number of ether oxygens (including phenoxy) is 2. The molecule has 0 aliphatic rings. The Bertz CT molecular complexity index is 710. The second kappa shape index (κ2) is 9.85. The maximum atomic E-state index is 13.1. The Morgan fingerprint density at radius 2 is 1.92 bits per heavy atom. The van der Waals surface area contributed by atoms with E-state index in [4.69, 9.17) is 32.7 Å². The number of benzene rings is 2. The van der Waals surface area contributed by atoms with Crippen molar-refractivity contribution in [2.45, 2.75) is 32.9 Å². The first-order chi connectivity index (χ1) is 12.0. The summed E-state index contributed by atoms with van der Waals surface area (Å²) in [5, 5.41) is 4.14. The molecule has 0 bridgehead atoms. The fourth-order valence-electron chi connectivity index (χ4n) is 2.34. The standard InChI is InChI=1S/C19H22Cl2FNO2/c1-3-4-7-23-11-13-8-17(21)19(18(9-13)24-2)25-12-14-5-6-15(22)10-16(14)20/h5-6,8-10,23H,3-4,7,11-12H2,1-2H3. The van der Waals surface area contributed by atoms with Crippen molar-refractivity contribution in [2.75, 3.05) is 13.7 Å². The Hall–Kier alpha value is -1.49. The monoisotopic (exact) mass is 385 g/mol. The van der Waals surface area contributed by atoms with Gasteiger partial charge in [-0.05, 0) is 42.8 Å². The van der Waals surface area contributed by atoms with Crippen molar-refractivity contribution in [2.24, 2.45) is 0 Å². The van der Waals surface area contributed by atoms with Crippen LogP contribution in [0.15, 0.2) is 30.3 Å². The van der Waals surface area contributed by atoms with Crippen LogP contribution in [0.4, 0.5) is 4.39 Å². The zero-order valence-corrected chi connectivity index (χ0v) is 15.9. The van der Waals surface area contributed by atoms with E-state index in [0.29, 0.717) is 33.7 Å². The van der Waals surface area contributed by atoms with E-state index < -0.39 is 0 Å². The molecule has 0 aliphatic heterocycles. The van der Waals surface area contributed by atoms with Gasteiger partial charge in [-0.25, -0.2) is 4.39 Å². The molecule has 1 N–H and O–H groups in total. The zero-order chi connectivity index (χ0) is 18.2. The van der Waals surface area contributed by atoms with Crippen molar-refractivity contribution in [1.82, 2.24) is 5.32 Å². The molecule has 136 valence electrons. The van der Waals surface area contributed by atoms with E-state index in [1.54, 1.807) is 13.2 Å². The van der Waals surface area contributed by atoms with Gasteiger partial charge in [0.05, 0.1) is 17.2 Å². The average Bonchev–Trinajstić information content (AvgIpc) is 2.58. The number of hydrogen-bond acceptors (Lipinski definition) is 3. The van der Waals surface area contributed by atoms with Gasteiger partial charge in [0, 0.05) is 12.1 Å². The largest absolute Gasteiger partial charge is 0.493 e. The fourth-order valence-corrected chi connectivity index (χ4v) is 2.85. The molecule has 0 aromatic heterocycles. The average molecular weight is 386 g/mol. The van der Waals surface area contributed by atoms with Crippen molar-refractivity contribution in [1.29, 1.82) is 0 Å². The van der Waals surface area contributed by atoms with E-state index >= 15 is 0 Å². The molecule has 2 aromatic rings. The Labute approximate surface area is 158 Å². The third kappa shape index (κ3) is 5.77. The lowest BCUT2D eigenvalue weighted by atomic mass is 10.2. The number of methoxy groups -OCH3 is 1. The van der Waals surface area contributed by atoms with Crippen LogP contribution in [0, 0.1) is 5.82 Å². The first-order valence-electron chi connectivity index (χ1n) is 8.19. The third-order valence-electron chi connectivity index (χ3n) is 3.71. The number of nitrogens with one attached hydrogen (secondary N) is 1. The molecule has 2 rings (SSSR count). The topological polar surface area (TPSA) is 30.5 Å². The van der Waals surface area contributed by atoms with Gasteiger partial charge in [0.25, 0.3) is 0 Å². The molecule has 0 saturated heterocycles. The van der Waals surface area contributed by atoms with Gasteiger partial charge in [-0.15, -0.1) is 0 Å². The van der Waals surface area contributed by atoms with Crippen LogP contribution in [0.25, 0.3) is 0 Å². The molecule has 6 heteroatoms. The highest BCUT2D eigenvalue weighted by atomic mass is 35.5. The third-order valence-corrected chi connectivity index (χ3v) is 4.35. The molecule has 0 fully saturated rings. The van der Waals surface area contributed by atoms with Crippen molar-refractivity contribution in [3.05, 3.63) is 57.3 Å². The molecule has 3 nitrogen and oxygen atoms in total. The minimum Gasteiger partial charge on any atom is -0.493 e. The van der Waals surface area contributed by atoms with E-state index in [1.165, 1.54) is 12.1 Å². The summed E-state index contributed by atoms with van der Waals surface area (Å²) in [6.07, 6.45) is 2.28. The first-order valence-corrected chi connectivity index (χ1v) is 8.94. The van der Waals surface area contributed by atoms with Gasteiger partial charge in [0.15, 0.2) is 11.5 Å². The normalized spacial score (nSPS) is 10.8. The molecule has 0 saturated carbocycles. The molecule has 0 radical (unpaired) electrons. The van der Waals surface area contributed by atoms with Gasteiger partial charge in [-0.3, -0.25) is 0 Å². The Morgan fingerprint density at radius 1 is 1.12 bits per heavy atom. The maximum absolute atomic E-state index is 13.1. The van der Waals surface area contributed by atoms with Crippen LogP contribution in [0.5, 0.6) is 11.5 Å². The second-order valence-electron chi connectivity index (χ2n) is 5.66. The molecule has 0 aliphatic carbocycles. The van der Waals surface area contributed by atoms with Crippen LogP contribution in [0.3, 0.4) is 0 Å². The maximum Gasteiger partial charge on any atom is 0.180 e. The van der Waals surface area contributed by atoms with Crippen LogP contribution in [0.2, 0.25) is 10.0 Å². The van der Waals surface area contributed by atoms with E-state index in [9.17, 15) is 4.39 Å². The highest BCUT2D eigenvalue weighted by molar-refractivity contribution is 6.32. The highest BCUT2D eigenvalue weighted by Crippen LogP contribution is 2.37. The van der Waals surface area contributed by atoms with Crippen LogP contribution in [-0.2, 0) is 13.2 Å². The van der Waals surface area contributed by atoms with Crippen LogP contribution in [-0.4, -0.2) is 13.7 Å². The van der Waals surface area contributed by atoms with E-state index in [0.717, 1.165) is 24.9 Å². The summed E-state index contributed by atoms with van der Waals surface area (Å²) in [6.45, 7) is 3.99. The first kappa shape index (κ1) is 19.8. The second-order valence-corrected chi connectivity index (χ2v) is 6.48. The van der Waals surface area contributed by atoms with Gasteiger partial charge in [-0.1, -0.05) is 42.6 Å². The van der Waals surface area contributed by atoms with Crippen molar-refractivity contribution < 1.29 is 13.9 Å². The quantitative estimate of drug-likeness (QED) is 0.569. The summed E-state index contributed by atoms with van der Waals surface area (Å²) in [6, 6.07) is 7.93. The molecule has 0 spiro atoms. The number of rotatable bonds is 9. The van der Waals surface area contributed by atoms with Gasteiger partial charge in [0.1, 0.15) is 12.4 Å². The van der Waals surface area contributed by atoms with Crippen molar-refractivity contribution in [3.63, 3.8) is 0 Å². The summed E-state index contributed by atoms with van der Waals surface area (Å²) in [4.78, 5) is 0. The summed E-state index contributed by atoms with van der Waals surface area (Å²) >= 11 is 12.4. The predicted octanol–water partition coefficient (Wildman–Crippen LogP) is 5.61. The Kier molecular flexibility index (Phi) is 7.82. The SMILES string of the molecule is CCCCNCc1cc(Cl)c(OCc2ccc(F)cc2Cl)c(OC)c1. The van der Waals surface area contributed by atoms with Gasteiger partial charge >= 0.3 is 0 Å². The Balaban J connectivity index is 2.09. The summed E-state index contributed by atoms with van der Waals surface area (Å²) < 4.78 is 24.3. The molecular weight excluding hydrogens is 364 g/mol. The van der Waals surface area contributed by atoms with Gasteiger partial charge in [0.2, 0.25) is 0 Å². The van der Waals surface area contributed by atoms with E-state index in [2.05, 4.69) is 12.2 Å². The lowest BCUT2D eigenvalue weighted by molar-refractivity contribution is 0.284. The predicted molar refractivity (Wildman–Crippen MR) is 100 cm³/mol. The molecule has 0 amide bonds. The Morgan fingerprint density at radius 3 is 2.60 bits per heavy atom. The summed E-state index contributed by atoms with van der Waals surface area (Å²) in [5.41, 5.74) is 1.69. The van der Waals surface area contributed by atoms with E-state index in [-0.39, 0.29) is 12.4 Å². The lowest BCUT2D eigenvalue weighted by Gasteiger charge is -2.15. The molecular formula is C19H22Cl2FNO2. The highest BCUT2D eigenvalue weighted by Gasteiger charge is 2.13. The summed E-state index contributed by atoms with van der Waals surface area (Å²) in [5.74, 6) is 0.615. The molecule has 0 atom stereocenters. The van der Waals surface area contributed by atoms with Gasteiger partial charge in [-0.2, -0.15) is 0 Å². The minimum absolute atomic E-state index is 0.170. The lowest BCUT2D eigenvalue weighted by Crippen LogP contribution is -2.14. The number of halogens is 3. The molecule has 0 unspecified atom stereocenters.